The van der Waals surface area contributed by atoms with Crippen LogP contribution in [0.2, 0.25) is 0 Å². The summed E-state index contributed by atoms with van der Waals surface area (Å²) in [4.78, 5) is 37.6. The monoisotopic (exact) mass is 573 g/mol. The van der Waals surface area contributed by atoms with Gasteiger partial charge in [-0.25, -0.2) is 0 Å². The molecule has 0 fully saturated rings. The van der Waals surface area contributed by atoms with Gasteiger partial charge in [0.2, 0.25) is 5.91 Å². The highest BCUT2D eigenvalue weighted by Gasteiger charge is 2.22. The molecule has 1 amide bonds. The Hall–Kier alpha value is -3.77. The Labute approximate surface area is 253 Å². The smallest absolute Gasteiger partial charge is 0.220 e. The van der Waals surface area contributed by atoms with E-state index in [0.29, 0.717) is 30.5 Å². The molecule has 1 N–H and O–H groups in total. The second-order valence-corrected chi connectivity index (χ2v) is 11.1. The third kappa shape index (κ3) is 14.2. The van der Waals surface area contributed by atoms with E-state index in [4.69, 9.17) is 0 Å². The van der Waals surface area contributed by atoms with Gasteiger partial charge in [0.15, 0.2) is 12.1 Å². The van der Waals surface area contributed by atoms with Crippen LogP contribution in [-0.2, 0) is 4.79 Å². The number of carbonyl (C=O) groups excluding carboxylic acids is 3. The molecule has 6 heteroatoms. The standard InChI is InChI=1S/C27H39N3O3.C7H8.C2H4/c1-5-27(2,16-7-9-26(33)28-17-19-29(3)4)15-6-8-25(32)23-10-12-24(13-11-23)30-18-14-22(20-30)21-31;1-7-5-3-2-4-6-7;1-2/h10-14,18,20-21H,5-9,15-17,19H2,1-4H3,(H,28,33);2-6H,1H3;1-2H2. The maximum Gasteiger partial charge on any atom is 0.220 e. The molecule has 0 aliphatic carbocycles. The molecule has 1 heterocycles. The SMILES string of the molecule is C=C.CCC(C)(CCCC(=O)NCCN(C)C)CCCC(=O)c1ccc(-n2ccc(C=O)c2)cc1.Cc1ccccc1. The molecule has 1 atom stereocenters. The highest BCUT2D eigenvalue weighted by atomic mass is 16.1. The molecule has 1 aromatic heterocycles. The van der Waals surface area contributed by atoms with Crippen LogP contribution in [0.1, 0.15) is 85.1 Å². The first-order valence-electron chi connectivity index (χ1n) is 14.9. The Kier molecular flexibility index (Phi) is 17.4. The Morgan fingerprint density at radius 2 is 1.57 bits per heavy atom. The van der Waals surface area contributed by atoms with Crippen LogP contribution in [-0.4, -0.2) is 54.6 Å². The summed E-state index contributed by atoms with van der Waals surface area (Å²) < 4.78 is 1.87. The van der Waals surface area contributed by atoms with Gasteiger partial charge in [0.1, 0.15) is 0 Å². The number of ketones is 1. The Balaban J connectivity index is 0.000000841. The molecule has 0 radical (unpaired) electrons. The minimum atomic E-state index is 0.122. The van der Waals surface area contributed by atoms with Crippen LogP contribution in [0, 0.1) is 12.3 Å². The van der Waals surface area contributed by atoms with Crippen LogP contribution in [0.25, 0.3) is 5.69 Å². The number of hydrogen-bond acceptors (Lipinski definition) is 4. The van der Waals surface area contributed by atoms with E-state index in [1.54, 1.807) is 12.3 Å². The topological polar surface area (TPSA) is 71.4 Å². The lowest BCUT2D eigenvalue weighted by molar-refractivity contribution is -0.121. The quantitative estimate of drug-likeness (QED) is 0.115. The van der Waals surface area contributed by atoms with Gasteiger partial charge in [-0.3, -0.25) is 14.4 Å². The number of carbonyl (C=O) groups is 3. The van der Waals surface area contributed by atoms with Crippen LogP contribution < -0.4 is 5.32 Å². The van der Waals surface area contributed by atoms with Crippen molar-refractivity contribution >= 4 is 18.0 Å². The number of Topliss-reactive ketones (excluding diaryl/α,β-unsaturated/α-hetero) is 1. The fourth-order valence-corrected chi connectivity index (χ4v) is 4.48. The van der Waals surface area contributed by atoms with Gasteiger partial charge in [-0.2, -0.15) is 0 Å². The predicted molar refractivity (Wildman–Crippen MR) is 176 cm³/mol. The molecule has 1 unspecified atom stereocenters. The molecule has 0 spiro atoms. The summed E-state index contributed by atoms with van der Waals surface area (Å²) in [5.41, 5.74) is 3.73. The number of likely N-dealkylation sites (N-methyl/N-ethyl adjacent to an activating group) is 1. The lowest BCUT2D eigenvalue weighted by Gasteiger charge is -2.28. The van der Waals surface area contributed by atoms with Gasteiger partial charge in [0.25, 0.3) is 0 Å². The Morgan fingerprint density at radius 1 is 0.952 bits per heavy atom. The van der Waals surface area contributed by atoms with Gasteiger partial charge in [0, 0.05) is 55.1 Å². The van der Waals surface area contributed by atoms with Gasteiger partial charge >= 0.3 is 0 Å². The summed E-state index contributed by atoms with van der Waals surface area (Å²) in [5, 5.41) is 2.97. The third-order valence-electron chi connectivity index (χ3n) is 7.38. The maximum absolute atomic E-state index is 12.7. The van der Waals surface area contributed by atoms with Crippen molar-refractivity contribution in [1.82, 2.24) is 14.8 Å². The van der Waals surface area contributed by atoms with Crippen molar-refractivity contribution < 1.29 is 14.4 Å². The number of aromatic nitrogens is 1. The summed E-state index contributed by atoms with van der Waals surface area (Å²) in [6, 6.07) is 19.5. The van der Waals surface area contributed by atoms with Gasteiger partial charge in [-0.1, -0.05) is 56.2 Å². The zero-order valence-corrected chi connectivity index (χ0v) is 26.4. The second kappa shape index (κ2) is 20.2. The van der Waals surface area contributed by atoms with Crippen molar-refractivity contribution in [3.63, 3.8) is 0 Å². The number of hydrogen-bond donors (Lipinski definition) is 1. The number of nitrogens with one attached hydrogen (secondary N) is 1. The molecule has 42 heavy (non-hydrogen) atoms. The molecule has 3 rings (SSSR count). The number of benzene rings is 2. The first kappa shape index (κ1) is 36.3. The van der Waals surface area contributed by atoms with Gasteiger partial charge in [-0.15, -0.1) is 13.2 Å². The molecule has 3 aromatic rings. The summed E-state index contributed by atoms with van der Waals surface area (Å²) in [6.45, 7) is 14.1. The number of rotatable bonds is 15. The molecule has 0 saturated carbocycles. The predicted octanol–water partition coefficient (Wildman–Crippen LogP) is 7.70. The van der Waals surface area contributed by atoms with Crippen LogP contribution in [0.4, 0.5) is 0 Å². The second-order valence-electron chi connectivity index (χ2n) is 11.1. The van der Waals surface area contributed by atoms with E-state index in [2.05, 4.69) is 56.3 Å². The number of aryl methyl sites for hydroxylation is 1. The van der Waals surface area contributed by atoms with Crippen molar-refractivity contribution in [3.05, 3.63) is 103 Å². The van der Waals surface area contributed by atoms with E-state index >= 15 is 0 Å². The van der Waals surface area contributed by atoms with Crippen molar-refractivity contribution in [2.45, 2.75) is 65.7 Å². The third-order valence-corrected chi connectivity index (χ3v) is 7.38. The number of nitrogens with zero attached hydrogens (tertiary/aromatic N) is 2. The summed E-state index contributed by atoms with van der Waals surface area (Å²) in [6.07, 6.45) is 10.2. The molecular weight excluding hydrogens is 522 g/mol. The molecule has 2 aromatic carbocycles. The van der Waals surface area contributed by atoms with E-state index < -0.39 is 0 Å². The van der Waals surface area contributed by atoms with E-state index in [9.17, 15) is 14.4 Å². The van der Waals surface area contributed by atoms with Crippen molar-refractivity contribution in [3.8, 4) is 5.69 Å². The molecule has 0 aliphatic rings. The highest BCUT2D eigenvalue weighted by molar-refractivity contribution is 5.96. The minimum Gasteiger partial charge on any atom is -0.355 e. The van der Waals surface area contributed by atoms with Crippen LogP contribution in [0.3, 0.4) is 0 Å². The molecule has 0 bridgehead atoms. The molecular formula is C36H51N3O3. The Morgan fingerprint density at radius 3 is 2.07 bits per heavy atom. The fourth-order valence-electron chi connectivity index (χ4n) is 4.48. The van der Waals surface area contributed by atoms with Crippen LogP contribution in [0.5, 0.6) is 0 Å². The molecule has 228 valence electrons. The highest BCUT2D eigenvalue weighted by Crippen LogP contribution is 2.34. The normalized spacial score (nSPS) is 11.8. The van der Waals surface area contributed by atoms with Gasteiger partial charge in [-0.05, 0) is 82.4 Å². The first-order chi connectivity index (χ1) is 20.2. The summed E-state index contributed by atoms with van der Waals surface area (Å²) >= 11 is 0. The molecule has 0 saturated heterocycles. The number of amides is 1. The van der Waals surface area contributed by atoms with E-state index in [1.807, 2.05) is 67.3 Å². The zero-order chi connectivity index (χ0) is 31.4. The maximum atomic E-state index is 12.7. The average Bonchev–Trinajstić information content (AvgIpc) is 3.48. The van der Waals surface area contributed by atoms with Crippen molar-refractivity contribution in [2.24, 2.45) is 5.41 Å². The van der Waals surface area contributed by atoms with Crippen molar-refractivity contribution in [1.29, 1.82) is 0 Å². The summed E-state index contributed by atoms with van der Waals surface area (Å²) in [5.74, 6) is 0.276. The zero-order valence-electron chi connectivity index (χ0n) is 26.4. The van der Waals surface area contributed by atoms with Crippen molar-refractivity contribution in [2.75, 3.05) is 27.2 Å². The van der Waals surface area contributed by atoms with Gasteiger partial charge < -0.3 is 14.8 Å². The van der Waals surface area contributed by atoms with E-state index in [-0.39, 0.29) is 17.1 Å². The average molecular weight is 574 g/mol. The summed E-state index contributed by atoms with van der Waals surface area (Å²) in [7, 11) is 3.99. The van der Waals surface area contributed by atoms with Crippen LogP contribution >= 0.6 is 0 Å². The van der Waals surface area contributed by atoms with Gasteiger partial charge in [0.05, 0.1) is 0 Å². The van der Waals surface area contributed by atoms with E-state index in [1.165, 1.54) is 5.56 Å². The van der Waals surface area contributed by atoms with E-state index in [0.717, 1.165) is 50.6 Å². The first-order valence-corrected chi connectivity index (χ1v) is 14.9. The lowest BCUT2D eigenvalue weighted by Crippen LogP contribution is -2.31. The Bertz CT molecular complexity index is 1190. The molecule has 0 aliphatic heterocycles. The minimum absolute atomic E-state index is 0.122. The number of aldehydes is 1. The lowest BCUT2D eigenvalue weighted by atomic mass is 9.77. The largest absolute Gasteiger partial charge is 0.355 e. The van der Waals surface area contributed by atoms with Crippen LogP contribution in [0.15, 0.2) is 86.2 Å². The fraction of sp³-hybridized carbons (Fsp3) is 0.417. The molecule has 6 nitrogen and oxygen atoms in total.